The molecular weight excluding hydrogens is 901 g/mol. The molecule has 73 heavy (non-hydrogen) atoms. The van der Waals surface area contributed by atoms with Crippen LogP contribution in [0.3, 0.4) is 0 Å². The van der Waals surface area contributed by atoms with E-state index in [1.807, 2.05) is 0 Å². The average Bonchev–Trinajstić information content (AvgIpc) is 3.39. The molecule has 0 aromatic heterocycles. The zero-order chi connectivity index (χ0) is 52.9. The molecule has 0 aromatic rings. The maximum Gasteiger partial charge on any atom is 0.306 e. The summed E-state index contributed by atoms with van der Waals surface area (Å²) in [7, 11) is 0. The Morgan fingerprint density at radius 1 is 0.260 bits per heavy atom. The molecule has 0 amide bonds. The molecule has 6 nitrogen and oxygen atoms in total. The van der Waals surface area contributed by atoms with Crippen LogP contribution in [0, 0.1) is 0 Å². The van der Waals surface area contributed by atoms with E-state index in [0.717, 1.165) is 57.8 Å². The van der Waals surface area contributed by atoms with Crippen molar-refractivity contribution in [2.45, 2.75) is 386 Å². The van der Waals surface area contributed by atoms with E-state index < -0.39 is 6.10 Å². The van der Waals surface area contributed by atoms with Crippen LogP contribution in [0.1, 0.15) is 380 Å². The van der Waals surface area contributed by atoms with Gasteiger partial charge in [0.2, 0.25) is 0 Å². The molecule has 0 bridgehead atoms. The Bertz CT molecular complexity index is 1130. The molecule has 0 rings (SSSR count). The normalized spacial score (nSPS) is 12.0. The summed E-state index contributed by atoms with van der Waals surface area (Å²) in [6, 6.07) is 0. The number of carbonyl (C=O) groups excluding carboxylic acids is 3. The zero-order valence-corrected chi connectivity index (χ0v) is 49.7. The fourth-order valence-corrected chi connectivity index (χ4v) is 10.3. The molecule has 1 unspecified atom stereocenters. The van der Waals surface area contributed by atoms with Crippen molar-refractivity contribution in [3.8, 4) is 0 Å². The fourth-order valence-electron chi connectivity index (χ4n) is 10.3. The SMILES string of the molecule is CCCCCCCC/C=C\CCCCCCCCCCCC(=O)OC(COC(=O)CCCCCCCCCCCCCCC)COC(=O)CCCCCCCCCCCCCCCCCCCCCCCCC. The highest BCUT2D eigenvalue weighted by Gasteiger charge is 2.19. The van der Waals surface area contributed by atoms with Crippen molar-refractivity contribution in [3.63, 3.8) is 0 Å². The lowest BCUT2D eigenvalue weighted by Crippen LogP contribution is -2.30. The molecular formula is C67H128O6. The second kappa shape index (κ2) is 62.7. The van der Waals surface area contributed by atoms with Gasteiger partial charge in [0, 0.05) is 19.3 Å². The van der Waals surface area contributed by atoms with Crippen molar-refractivity contribution >= 4 is 17.9 Å². The Balaban J connectivity index is 4.23. The summed E-state index contributed by atoms with van der Waals surface area (Å²) < 4.78 is 17.0. The molecule has 0 aromatic carbocycles. The van der Waals surface area contributed by atoms with Gasteiger partial charge in [-0.1, -0.05) is 328 Å². The molecule has 0 saturated carbocycles. The van der Waals surface area contributed by atoms with Crippen molar-refractivity contribution in [2.75, 3.05) is 13.2 Å². The predicted octanol–water partition coefficient (Wildman–Crippen LogP) is 22.4. The third-order valence-corrected chi connectivity index (χ3v) is 15.3. The lowest BCUT2D eigenvalue weighted by molar-refractivity contribution is -0.167. The summed E-state index contributed by atoms with van der Waals surface area (Å²) in [5.74, 6) is -0.834. The third-order valence-electron chi connectivity index (χ3n) is 15.3. The van der Waals surface area contributed by atoms with Gasteiger partial charge in [0.25, 0.3) is 0 Å². The Hall–Kier alpha value is -1.85. The van der Waals surface area contributed by atoms with Gasteiger partial charge < -0.3 is 14.2 Å². The van der Waals surface area contributed by atoms with E-state index in [1.165, 1.54) is 283 Å². The number of hydrogen-bond acceptors (Lipinski definition) is 6. The molecule has 0 saturated heterocycles. The van der Waals surface area contributed by atoms with Gasteiger partial charge in [-0.05, 0) is 44.9 Å². The van der Waals surface area contributed by atoms with Gasteiger partial charge in [-0.2, -0.15) is 0 Å². The number of unbranched alkanes of at least 4 members (excludes halogenated alkanes) is 49. The number of allylic oxidation sites excluding steroid dienone is 2. The van der Waals surface area contributed by atoms with E-state index in [2.05, 4.69) is 32.9 Å². The van der Waals surface area contributed by atoms with Gasteiger partial charge in [0.1, 0.15) is 13.2 Å². The summed E-state index contributed by atoms with van der Waals surface area (Å²) in [6.45, 7) is 6.71. The molecule has 0 aliphatic heterocycles. The van der Waals surface area contributed by atoms with Crippen molar-refractivity contribution in [2.24, 2.45) is 0 Å². The predicted molar refractivity (Wildman–Crippen MR) is 317 cm³/mol. The Kier molecular flexibility index (Phi) is 61.1. The van der Waals surface area contributed by atoms with Crippen molar-refractivity contribution < 1.29 is 28.6 Å². The van der Waals surface area contributed by atoms with Crippen LogP contribution >= 0.6 is 0 Å². The van der Waals surface area contributed by atoms with Gasteiger partial charge in [-0.25, -0.2) is 0 Å². The maximum absolute atomic E-state index is 12.9. The highest BCUT2D eigenvalue weighted by molar-refractivity contribution is 5.71. The number of rotatable bonds is 62. The number of carbonyl (C=O) groups is 3. The first kappa shape index (κ1) is 71.2. The largest absolute Gasteiger partial charge is 0.462 e. The smallest absolute Gasteiger partial charge is 0.306 e. The summed E-state index contributed by atoms with van der Waals surface area (Å²) >= 11 is 0. The first-order chi connectivity index (χ1) is 36.0. The van der Waals surface area contributed by atoms with E-state index >= 15 is 0 Å². The van der Waals surface area contributed by atoms with E-state index in [0.29, 0.717) is 19.3 Å². The molecule has 432 valence electrons. The molecule has 0 aliphatic rings. The average molecular weight is 1030 g/mol. The van der Waals surface area contributed by atoms with Crippen molar-refractivity contribution in [3.05, 3.63) is 12.2 Å². The summed E-state index contributed by atoms with van der Waals surface area (Å²) in [4.78, 5) is 38.3. The monoisotopic (exact) mass is 1030 g/mol. The zero-order valence-electron chi connectivity index (χ0n) is 49.7. The number of hydrogen-bond donors (Lipinski definition) is 0. The quantitative estimate of drug-likeness (QED) is 0.0261. The standard InChI is InChI=1S/C67H128O6/c1-4-7-10-13-16-19-22-25-27-29-31-32-33-34-36-37-39-42-45-48-51-54-57-60-66(69)72-63-64(62-71-65(68)59-56-53-50-47-44-41-24-21-18-15-12-9-6-3)73-67(70)61-58-55-52-49-46-43-40-38-35-30-28-26-23-20-17-14-11-8-5-2/h26,28,64H,4-25,27,29-63H2,1-3H3/b28-26-. The van der Waals surface area contributed by atoms with Gasteiger partial charge in [0.05, 0.1) is 0 Å². The van der Waals surface area contributed by atoms with Gasteiger partial charge >= 0.3 is 17.9 Å². The second-order valence-corrected chi connectivity index (χ2v) is 22.7. The first-order valence-electron chi connectivity index (χ1n) is 33.2. The molecule has 0 radical (unpaired) electrons. The van der Waals surface area contributed by atoms with Gasteiger partial charge in [-0.15, -0.1) is 0 Å². The number of esters is 3. The molecule has 0 N–H and O–H groups in total. The highest BCUT2D eigenvalue weighted by Crippen LogP contribution is 2.18. The van der Waals surface area contributed by atoms with Gasteiger partial charge in [-0.3, -0.25) is 14.4 Å². The molecule has 0 fully saturated rings. The van der Waals surface area contributed by atoms with Crippen LogP contribution in [0.25, 0.3) is 0 Å². The van der Waals surface area contributed by atoms with Crippen LogP contribution < -0.4 is 0 Å². The van der Waals surface area contributed by atoms with E-state index in [4.69, 9.17) is 14.2 Å². The topological polar surface area (TPSA) is 78.9 Å². The third kappa shape index (κ3) is 60.9. The van der Waals surface area contributed by atoms with E-state index in [1.54, 1.807) is 0 Å². The number of ether oxygens (including phenoxy) is 3. The minimum atomic E-state index is -0.766. The van der Waals surface area contributed by atoms with Crippen molar-refractivity contribution in [1.29, 1.82) is 0 Å². The van der Waals surface area contributed by atoms with E-state index in [-0.39, 0.29) is 31.1 Å². The highest BCUT2D eigenvalue weighted by atomic mass is 16.6. The Labute approximate surface area is 456 Å². The van der Waals surface area contributed by atoms with E-state index in [9.17, 15) is 14.4 Å². The Morgan fingerprint density at radius 2 is 0.452 bits per heavy atom. The molecule has 0 aliphatic carbocycles. The Morgan fingerprint density at radius 3 is 0.685 bits per heavy atom. The molecule has 0 spiro atoms. The van der Waals surface area contributed by atoms with Crippen LogP contribution in [0.5, 0.6) is 0 Å². The minimum absolute atomic E-state index is 0.0641. The lowest BCUT2D eigenvalue weighted by Gasteiger charge is -2.18. The maximum atomic E-state index is 12.9. The van der Waals surface area contributed by atoms with Crippen LogP contribution in [0.15, 0.2) is 12.2 Å². The summed E-state index contributed by atoms with van der Waals surface area (Å²) in [5, 5.41) is 0. The fraction of sp³-hybridized carbons (Fsp3) is 0.925. The second-order valence-electron chi connectivity index (χ2n) is 22.7. The van der Waals surface area contributed by atoms with Crippen LogP contribution in [-0.4, -0.2) is 37.2 Å². The molecule has 1 atom stereocenters. The van der Waals surface area contributed by atoms with Crippen molar-refractivity contribution in [1.82, 2.24) is 0 Å². The summed E-state index contributed by atoms with van der Waals surface area (Å²) in [5.41, 5.74) is 0. The summed E-state index contributed by atoms with van der Waals surface area (Å²) in [6.07, 6.45) is 73.7. The van der Waals surface area contributed by atoms with Crippen LogP contribution in [-0.2, 0) is 28.6 Å². The first-order valence-corrected chi connectivity index (χ1v) is 33.2. The molecule has 6 heteroatoms. The lowest BCUT2D eigenvalue weighted by atomic mass is 10.0. The minimum Gasteiger partial charge on any atom is -0.462 e. The van der Waals surface area contributed by atoms with Gasteiger partial charge in [0.15, 0.2) is 6.10 Å². The van der Waals surface area contributed by atoms with Crippen LogP contribution in [0.4, 0.5) is 0 Å². The van der Waals surface area contributed by atoms with Crippen LogP contribution in [0.2, 0.25) is 0 Å². The molecule has 0 heterocycles.